The summed E-state index contributed by atoms with van der Waals surface area (Å²) in [5, 5.41) is 5.54. The molecule has 7 heteroatoms. The minimum Gasteiger partial charge on any atom is -0.383 e. The van der Waals surface area contributed by atoms with Crippen molar-refractivity contribution in [2.75, 3.05) is 26.8 Å². The predicted octanol–water partition coefficient (Wildman–Crippen LogP) is 1.10. The second-order valence-corrected chi connectivity index (χ2v) is 5.59. The van der Waals surface area contributed by atoms with Crippen LogP contribution in [-0.4, -0.2) is 48.0 Å². The first-order valence-corrected chi connectivity index (χ1v) is 7.57. The maximum Gasteiger partial charge on any atom is 0.287 e. The van der Waals surface area contributed by atoms with Crippen molar-refractivity contribution < 1.29 is 14.3 Å². The summed E-state index contributed by atoms with van der Waals surface area (Å²) in [5.74, 6) is -0.0967. The molecule has 2 heterocycles. The van der Waals surface area contributed by atoms with Gasteiger partial charge in [0.15, 0.2) is 5.69 Å². The van der Waals surface area contributed by atoms with Gasteiger partial charge in [0.2, 0.25) is 5.82 Å². The van der Waals surface area contributed by atoms with Gasteiger partial charge in [-0.25, -0.2) is 4.98 Å². The Hall–Kier alpha value is -2.41. The molecular weight excluding hydrogens is 296 g/mol. The zero-order chi connectivity index (χ0) is 16.8. The normalized spacial score (nSPS) is 11.0. The van der Waals surface area contributed by atoms with Crippen molar-refractivity contribution in [1.29, 1.82) is 0 Å². The Morgan fingerprint density at radius 1 is 1.26 bits per heavy atom. The molecule has 124 valence electrons. The lowest BCUT2D eigenvalue weighted by atomic mass is 10.2. The zero-order valence-corrected chi connectivity index (χ0v) is 13.6. The number of rotatable bonds is 7. The molecule has 0 aliphatic carbocycles. The van der Waals surface area contributed by atoms with Crippen molar-refractivity contribution in [3.63, 3.8) is 0 Å². The molecule has 0 radical (unpaired) electrons. The summed E-state index contributed by atoms with van der Waals surface area (Å²) in [5.41, 5.74) is 0.855. The fraction of sp³-hybridized carbons (Fsp3) is 0.438. The van der Waals surface area contributed by atoms with Gasteiger partial charge in [-0.15, -0.1) is 0 Å². The van der Waals surface area contributed by atoms with Crippen molar-refractivity contribution in [1.82, 2.24) is 20.0 Å². The number of amides is 2. The number of ether oxygens (including phenoxy) is 1. The van der Waals surface area contributed by atoms with E-state index in [0.717, 1.165) is 0 Å². The van der Waals surface area contributed by atoms with Gasteiger partial charge in [0, 0.05) is 26.4 Å². The molecule has 2 rings (SSSR count). The highest BCUT2D eigenvalue weighted by molar-refractivity contribution is 6.02. The van der Waals surface area contributed by atoms with Crippen molar-refractivity contribution in [2.24, 2.45) is 5.92 Å². The van der Waals surface area contributed by atoms with Gasteiger partial charge < -0.3 is 15.4 Å². The molecule has 0 fully saturated rings. The molecule has 2 aromatic heterocycles. The number of aromatic nitrogens is 2. The number of pyridine rings is 1. The van der Waals surface area contributed by atoms with E-state index < -0.39 is 0 Å². The summed E-state index contributed by atoms with van der Waals surface area (Å²) >= 11 is 0. The molecule has 2 aromatic rings. The number of methoxy groups -OCH3 is 1. The maximum absolute atomic E-state index is 12.3. The molecule has 23 heavy (non-hydrogen) atoms. The Morgan fingerprint density at radius 3 is 2.74 bits per heavy atom. The van der Waals surface area contributed by atoms with Gasteiger partial charge in [-0.1, -0.05) is 19.9 Å². The number of carbonyl (C=O) groups excluding carboxylic acids is 2. The zero-order valence-electron chi connectivity index (χ0n) is 13.6. The van der Waals surface area contributed by atoms with E-state index in [1.54, 1.807) is 29.8 Å². The first kappa shape index (κ1) is 17.0. The lowest BCUT2D eigenvalue weighted by Gasteiger charge is -2.05. The first-order chi connectivity index (χ1) is 11.0. The molecule has 0 aliphatic rings. The van der Waals surface area contributed by atoms with Gasteiger partial charge in [0.05, 0.1) is 12.1 Å². The van der Waals surface area contributed by atoms with Crippen LogP contribution in [-0.2, 0) is 4.74 Å². The quantitative estimate of drug-likeness (QED) is 0.749. The summed E-state index contributed by atoms with van der Waals surface area (Å²) in [6.45, 7) is 5.38. The van der Waals surface area contributed by atoms with E-state index in [4.69, 9.17) is 4.74 Å². The number of hydrogen-bond donors (Lipinski definition) is 2. The predicted molar refractivity (Wildman–Crippen MR) is 86.6 cm³/mol. The van der Waals surface area contributed by atoms with Crippen LogP contribution in [0.2, 0.25) is 0 Å². The topological polar surface area (TPSA) is 84.7 Å². The van der Waals surface area contributed by atoms with Crippen LogP contribution in [0.1, 0.15) is 35.0 Å². The Balaban J connectivity index is 2.28. The fourth-order valence-electron chi connectivity index (χ4n) is 2.09. The van der Waals surface area contributed by atoms with Gasteiger partial charge in [0.1, 0.15) is 0 Å². The average molecular weight is 318 g/mol. The summed E-state index contributed by atoms with van der Waals surface area (Å²) in [7, 11) is 1.56. The molecule has 0 aliphatic heterocycles. The van der Waals surface area contributed by atoms with E-state index in [1.807, 2.05) is 19.9 Å². The van der Waals surface area contributed by atoms with Crippen LogP contribution in [0.5, 0.6) is 0 Å². The van der Waals surface area contributed by atoms with Crippen LogP contribution in [0, 0.1) is 5.92 Å². The molecule has 0 saturated carbocycles. The van der Waals surface area contributed by atoms with Gasteiger partial charge in [-0.05, 0) is 18.1 Å². The molecule has 7 nitrogen and oxygen atoms in total. The van der Waals surface area contributed by atoms with Gasteiger partial charge >= 0.3 is 0 Å². The Labute approximate surface area is 135 Å². The SMILES string of the molecule is COCCNC(=O)c1nc(C(=O)NCC(C)C)c2ccccn12. The van der Waals surface area contributed by atoms with Crippen LogP contribution in [0.3, 0.4) is 0 Å². The molecule has 0 atom stereocenters. The minimum atomic E-state index is -0.342. The van der Waals surface area contributed by atoms with E-state index in [0.29, 0.717) is 31.1 Å². The first-order valence-electron chi connectivity index (χ1n) is 7.57. The number of carbonyl (C=O) groups is 2. The summed E-state index contributed by atoms with van der Waals surface area (Å²) in [6.07, 6.45) is 1.72. The fourth-order valence-corrected chi connectivity index (χ4v) is 2.09. The molecule has 0 aromatic carbocycles. The smallest absolute Gasteiger partial charge is 0.287 e. The minimum absolute atomic E-state index is 0.186. The second-order valence-electron chi connectivity index (χ2n) is 5.59. The summed E-state index contributed by atoms with van der Waals surface area (Å²) in [6, 6.07) is 5.36. The van der Waals surface area contributed by atoms with E-state index in [9.17, 15) is 9.59 Å². The monoisotopic (exact) mass is 318 g/mol. The number of nitrogens with one attached hydrogen (secondary N) is 2. The van der Waals surface area contributed by atoms with E-state index >= 15 is 0 Å². The molecule has 0 spiro atoms. The highest BCUT2D eigenvalue weighted by atomic mass is 16.5. The lowest BCUT2D eigenvalue weighted by Crippen LogP contribution is -2.29. The van der Waals surface area contributed by atoms with Crippen LogP contribution in [0.25, 0.3) is 5.52 Å². The molecule has 2 amide bonds. The summed E-state index contributed by atoms with van der Waals surface area (Å²) in [4.78, 5) is 28.8. The second kappa shape index (κ2) is 7.73. The molecule has 0 saturated heterocycles. The third kappa shape index (κ3) is 4.07. The van der Waals surface area contributed by atoms with Gasteiger partial charge in [-0.3, -0.25) is 14.0 Å². The maximum atomic E-state index is 12.3. The van der Waals surface area contributed by atoms with Crippen LogP contribution < -0.4 is 10.6 Å². The van der Waals surface area contributed by atoms with Crippen LogP contribution in [0.4, 0.5) is 0 Å². The van der Waals surface area contributed by atoms with Crippen molar-refractivity contribution >= 4 is 17.3 Å². The van der Waals surface area contributed by atoms with Crippen molar-refractivity contribution in [3.05, 3.63) is 35.9 Å². The van der Waals surface area contributed by atoms with Crippen molar-refractivity contribution in [2.45, 2.75) is 13.8 Å². The molecule has 2 N–H and O–H groups in total. The van der Waals surface area contributed by atoms with Crippen LogP contribution >= 0.6 is 0 Å². The Bertz CT molecular complexity index is 694. The highest BCUT2D eigenvalue weighted by Gasteiger charge is 2.21. The van der Waals surface area contributed by atoms with Crippen molar-refractivity contribution in [3.8, 4) is 0 Å². The van der Waals surface area contributed by atoms with Crippen LogP contribution in [0.15, 0.2) is 24.4 Å². The van der Waals surface area contributed by atoms with E-state index in [-0.39, 0.29) is 23.3 Å². The van der Waals surface area contributed by atoms with E-state index in [2.05, 4.69) is 15.6 Å². The number of nitrogens with zero attached hydrogens (tertiary/aromatic N) is 2. The third-order valence-electron chi connectivity index (χ3n) is 3.23. The average Bonchev–Trinajstić information content (AvgIpc) is 2.92. The lowest BCUT2D eigenvalue weighted by molar-refractivity contribution is 0.0926. The standard InChI is InChI=1S/C16H22N4O3/c1-11(2)10-18-15(21)13-12-6-4-5-8-20(12)14(19-13)16(22)17-7-9-23-3/h4-6,8,11H,7,9-10H2,1-3H3,(H,17,22)(H,18,21). The molecule has 0 unspecified atom stereocenters. The Kier molecular flexibility index (Phi) is 5.70. The van der Waals surface area contributed by atoms with Gasteiger partial charge in [0.25, 0.3) is 11.8 Å². The highest BCUT2D eigenvalue weighted by Crippen LogP contribution is 2.13. The summed E-state index contributed by atoms with van der Waals surface area (Å²) < 4.78 is 6.52. The third-order valence-corrected chi connectivity index (χ3v) is 3.23. The van der Waals surface area contributed by atoms with E-state index in [1.165, 1.54) is 0 Å². The number of hydrogen-bond acceptors (Lipinski definition) is 4. The Morgan fingerprint density at radius 2 is 2.04 bits per heavy atom. The molecular formula is C16H22N4O3. The number of imidazole rings is 1. The van der Waals surface area contributed by atoms with Gasteiger partial charge in [-0.2, -0.15) is 0 Å². The largest absolute Gasteiger partial charge is 0.383 e. The molecule has 0 bridgehead atoms. The number of fused-ring (bicyclic) bond motifs is 1.